The van der Waals surface area contributed by atoms with Crippen LogP contribution < -0.4 is 9.62 Å². The van der Waals surface area contributed by atoms with E-state index in [-0.39, 0.29) is 17.3 Å². The molecule has 0 aliphatic rings. The minimum atomic E-state index is -3.90. The Morgan fingerprint density at radius 3 is 2.03 bits per heavy atom. The summed E-state index contributed by atoms with van der Waals surface area (Å²) in [4.78, 5) is 14.0. The van der Waals surface area contributed by atoms with Crippen LogP contribution in [0.25, 0.3) is 0 Å². The van der Waals surface area contributed by atoms with Gasteiger partial charge in [0.15, 0.2) is 0 Å². The molecule has 174 valence electrons. The summed E-state index contributed by atoms with van der Waals surface area (Å²) in [6, 6.07) is 22.2. The van der Waals surface area contributed by atoms with Crippen molar-refractivity contribution in [1.29, 1.82) is 0 Å². The number of amides is 1. The van der Waals surface area contributed by atoms with Gasteiger partial charge in [0.2, 0.25) is 5.91 Å². The molecule has 7 heteroatoms. The van der Waals surface area contributed by atoms with Gasteiger partial charge in [-0.05, 0) is 62.2 Å². The van der Waals surface area contributed by atoms with Crippen LogP contribution in [0.2, 0.25) is 0 Å². The van der Waals surface area contributed by atoms with Crippen LogP contribution in [0.1, 0.15) is 23.6 Å². The monoisotopic (exact) mass is 482 g/mol. The third-order valence-electron chi connectivity index (χ3n) is 5.24. The zero-order chi connectivity index (χ0) is 23.8. The molecule has 33 heavy (non-hydrogen) atoms. The van der Waals surface area contributed by atoms with Gasteiger partial charge in [-0.1, -0.05) is 54.4 Å². The molecular formula is C26H30N2O3S2. The second-order valence-corrected chi connectivity index (χ2v) is 10.9. The van der Waals surface area contributed by atoms with Crippen molar-refractivity contribution in [3.63, 3.8) is 0 Å². The molecular weight excluding hydrogens is 452 g/mol. The van der Waals surface area contributed by atoms with Crippen molar-refractivity contribution in [2.24, 2.45) is 0 Å². The summed E-state index contributed by atoms with van der Waals surface area (Å²) in [5.41, 5.74) is 3.74. The zero-order valence-electron chi connectivity index (χ0n) is 19.2. The number of hydrogen-bond donors (Lipinski definition) is 1. The Morgan fingerprint density at radius 2 is 1.45 bits per heavy atom. The van der Waals surface area contributed by atoms with Crippen molar-refractivity contribution in [3.8, 4) is 0 Å². The van der Waals surface area contributed by atoms with E-state index in [4.69, 9.17) is 0 Å². The first kappa shape index (κ1) is 24.9. The number of rotatable bonds is 10. The van der Waals surface area contributed by atoms with Gasteiger partial charge in [0, 0.05) is 17.2 Å². The van der Waals surface area contributed by atoms with Crippen LogP contribution >= 0.6 is 11.8 Å². The summed E-state index contributed by atoms with van der Waals surface area (Å²) in [7, 11) is -3.90. The SMILES string of the molecule is CCc1ccc(N(CC(=O)NCCSc2ccc(C)cc2)S(=O)(=O)c2ccc(C)cc2)cc1. The Morgan fingerprint density at radius 1 is 0.879 bits per heavy atom. The minimum Gasteiger partial charge on any atom is -0.354 e. The molecule has 0 aliphatic carbocycles. The number of sulfonamides is 1. The number of anilines is 1. The fraction of sp³-hybridized carbons (Fsp3) is 0.269. The minimum absolute atomic E-state index is 0.162. The number of hydrogen-bond acceptors (Lipinski definition) is 4. The molecule has 0 unspecified atom stereocenters. The van der Waals surface area contributed by atoms with Crippen molar-refractivity contribution in [3.05, 3.63) is 89.5 Å². The smallest absolute Gasteiger partial charge is 0.264 e. The normalized spacial score (nSPS) is 11.2. The van der Waals surface area contributed by atoms with E-state index in [2.05, 4.69) is 29.6 Å². The molecule has 0 heterocycles. The van der Waals surface area contributed by atoms with E-state index in [9.17, 15) is 13.2 Å². The van der Waals surface area contributed by atoms with Gasteiger partial charge in [-0.3, -0.25) is 9.10 Å². The average Bonchev–Trinajstić information content (AvgIpc) is 2.82. The Hall–Kier alpha value is -2.77. The molecule has 0 spiro atoms. The average molecular weight is 483 g/mol. The Bertz CT molecular complexity index is 1160. The van der Waals surface area contributed by atoms with Gasteiger partial charge in [-0.2, -0.15) is 0 Å². The highest BCUT2D eigenvalue weighted by Gasteiger charge is 2.27. The Labute approximate surface area is 201 Å². The molecule has 0 bridgehead atoms. The predicted molar refractivity (Wildman–Crippen MR) is 136 cm³/mol. The highest BCUT2D eigenvalue weighted by molar-refractivity contribution is 7.99. The second kappa shape index (κ2) is 11.4. The lowest BCUT2D eigenvalue weighted by molar-refractivity contribution is -0.119. The molecule has 3 aromatic rings. The lowest BCUT2D eigenvalue weighted by Gasteiger charge is -2.24. The molecule has 1 N–H and O–H groups in total. The van der Waals surface area contributed by atoms with Crippen LogP contribution in [0.15, 0.2) is 82.6 Å². The second-order valence-electron chi connectivity index (χ2n) is 7.86. The summed E-state index contributed by atoms with van der Waals surface area (Å²) in [6.45, 7) is 6.15. The van der Waals surface area contributed by atoms with Crippen LogP contribution in [0.3, 0.4) is 0 Å². The first-order chi connectivity index (χ1) is 15.8. The quantitative estimate of drug-likeness (QED) is 0.327. The summed E-state index contributed by atoms with van der Waals surface area (Å²) in [6.07, 6.45) is 0.851. The molecule has 3 aromatic carbocycles. The van der Waals surface area contributed by atoms with Gasteiger partial charge < -0.3 is 5.32 Å². The molecule has 3 rings (SSSR count). The predicted octanol–water partition coefficient (Wildman–Crippen LogP) is 4.97. The van der Waals surface area contributed by atoms with Gasteiger partial charge >= 0.3 is 0 Å². The summed E-state index contributed by atoms with van der Waals surface area (Å²) in [5.74, 6) is 0.361. The van der Waals surface area contributed by atoms with E-state index < -0.39 is 10.0 Å². The number of carbonyl (C=O) groups excluding carboxylic acids is 1. The van der Waals surface area contributed by atoms with Crippen molar-refractivity contribution in [2.45, 2.75) is 37.0 Å². The first-order valence-corrected chi connectivity index (χ1v) is 13.4. The van der Waals surface area contributed by atoms with E-state index in [1.165, 1.54) is 9.87 Å². The van der Waals surface area contributed by atoms with Crippen molar-refractivity contribution in [2.75, 3.05) is 23.1 Å². The molecule has 0 radical (unpaired) electrons. The van der Waals surface area contributed by atoms with E-state index in [0.29, 0.717) is 18.0 Å². The number of benzene rings is 3. The van der Waals surface area contributed by atoms with Crippen LogP contribution in [0, 0.1) is 13.8 Å². The van der Waals surface area contributed by atoms with Gasteiger partial charge in [0.05, 0.1) is 10.6 Å². The van der Waals surface area contributed by atoms with Crippen LogP contribution in [-0.2, 0) is 21.2 Å². The van der Waals surface area contributed by atoms with E-state index >= 15 is 0 Å². The van der Waals surface area contributed by atoms with Crippen LogP contribution in [0.5, 0.6) is 0 Å². The topological polar surface area (TPSA) is 66.5 Å². The fourth-order valence-electron chi connectivity index (χ4n) is 3.23. The van der Waals surface area contributed by atoms with E-state index in [1.807, 2.05) is 32.9 Å². The molecule has 1 amide bonds. The highest BCUT2D eigenvalue weighted by Crippen LogP contribution is 2.24. The fourth-order valence-corrected chi connectivity index (χ4v) is 5.42. The summed E-state index contributed by atoms with van der Waals surface area (Å²) < 4.78 is 28.0. The molecule has 0 fully saturated rings. The van der Waals surface area contributed by atoms with E-state index in [1.54, 1.807) is 48.2 Å². The maximum absolute atomic E-state index is 13.4. The number of nitrogens with one attached hydrogen (secondary N) is 1. The maximum Gasteiger partial charge on any atom is 0.264 e. The Balaban J connectivity index is 1.71. The zero-order valence-corrected chi connectivity index (χ0v) is 20.9. The summed E-state index contributed by atoms with van der Waals surface area (Å²) in [5, 5.41) is 2.85. The van der Waals surface area contributed by atoms with Crippen LogP contribution in [-0.4, -0.2) is 33.2 Å². The summed E-state index contributed by atoms with van der Waals surface area (Å²) >= 11 is 1.65. The number of aryl methyl sites for hydroxylation is 3. The van der Waals surface area contributed by atoms with Crippen molar-refractivity contribution >= 4 is 33.4 Å². The molecule has 0 atom stereocenters. The maximum atomic E-state index is 13.4. The largest absolute Gasteiger partial charge is 0.354 e. The third kappa shape index (κ3) is 6.85. The van der Waals surface area contributed by atoms with Gasteiger partial charge in [-0.15, -0.1) is 11.8 Å². The molecule has 0 aliphatic heterocycles. The Kier molecular flexibility index (Phi) is 8.58. The van der Waals surface area contributed by atoms with Crippen molar-refractivity contribution in [1.82, 2.24) is 5.32 Å². The number of nitrogens with zero attached hydrogens (tertiary/aromatic N) is 1. The van der Waals surface area contributed by atoms with Crippen molar-refractivity contribution < 1.29 is 13.2 Å². The highest BCUT2D eigenvalue weighted by atomic mass is 32.2. The van der Waals surface area contributed by atoms with Crippen LogP contribution in [0.4, 0.5) is 5.69 Å². The van der Waals surface area contributed by atoms with E-state index in [0.717, 1.165) is 22.4 Å². The molecule has 0 aromatic heterocycles. The first-order valence-electron chi connectivity index (χ1n) is 10.9. The standard InChI is InChI=1S/C26H30N2O3S2/c1-4-22-9-11-23(12-10-22)28(33(30,31)25-15-7-21(3)8-16-25)19-26(29)27-17-18-32-24-13-5-20(2)6-14-24/h5-16H,4,17-19H2,1-3H3,(H,27,29). The molecule has 0 saturated carbocycles. The molecule has 5 nitrogen and oxygen atoms in total. The lowest BCUT2D eigenvalue weighted by Crippen LogP contribution is -2.41. The molecule has 0 saturated heterocycles. The van der Waals surface area contributed by atoms with Gasteiger partial charge in [0.1, 0.15) is 6.54 Å². The third-order valence-corrected chi connectivity index (χ3v) is 8.04. The van der Waals surface area contributed by atoms with Gasteiger partial charge in [0.25, 0.3) is 10.0 Å². The lowest BCUT2D eigenvalue weighted by atomic mass is 10.1. The number of thioether (sulfide) groups is 1. The number of carbonyl (C=O) groups is 1. The van der Waals surface area contributed by atoms with Gasteiger partial charge in [-0.25, -0.2) is 8.42 Å².